The number of fused-ring (bicyclic) bond motifs is 1. The molecule has 0 spiro atoms. The highest BCUT2D eigenvalue weighted by molar-refractivity contribution is 5.96. The Balaban J connectivity index is 1.72. The van der Waals surface area contributed by atoms with Crippen molar-refractivity contribution in [3.63, 3.8) is 0 Å². The summed E-state index contributed by atoms with van der Waals surface area (Å²) in [5.74, 6) is 0.310. The average molecular weight is 336 g/mol. The van der Waals surface area contributed by atoms with Crippen molar-refractivity contribution in [2.75, 3.05) is 13.7 Å². The highest BCUT2D eigenvalue weighted by Crippen LogP contribution is 2.17. The van der Waals surface area contributed by atoms with Gasteiger partial charge >= 0.3 is 0 Å². The number of H-pyrrole nitrogens is 1. The second kappa shape index (κ2) is 7.21. The van der Waals surface area contributed by atoms with Crippen molar-refractivity contribution in [1.82, 2.24) is 10.3 Å². The molecule has 1 heterocycles. The van der Waals surface area contributed by atoms with Gasteiger partial charge in [0.25, 0.3) is 11.5 Å². The Bertz CT molecular complexity index is 976. The van der Waals surface area contributed by atoms with Crippen molar-refractivity contribution >= 4 is 16.8 Å². The van der Waals surface area contributed by atoms with Crippen molar-refractivity contribution in [2.24, 2.45) is 0 Å². The fourth-order valence-corrected chi connectivity index (χ4v) is 2.85. The summed E-state index contributed by atoms with van der Waals surface area (Å²) < 4.78 is 5.19. The van der Waals surface area contributed by atoms with Gasteiger partial charge in [0.05, 0.1) is 18.2 Å². The number of amides is 1. The third kappa shape index (κ3) is 3.55. The van der Waals surface area contributed by atoms with E-state index in [0.29, 0.717) is 29.8 Å². The molecular formula is C20H20N2O3. The standard InChI is InChI=1S/C20H20N2O3/c1-13-6-5-7-14-12-15(19(23)22-18(13)14)10-11-21-20(24)16-8-3-4-9-17(16)25-2/h3-9,12H,10-11H2,1-2H3,(H,21,24)(H,22,23). The van der Waals surface area contributed by atoms with Gasteiger partial charge in [-0.15, -0.1) is 0 Å². The summed E-state index contributed by atoms with van der Waals surface area (Å²) in [4.78, 5) is 27.4. The number of hydrogen-bond donors (Lipinski definition) is 2. The van der Waals surface area contributed by atoms with Crippen molar-refractivity contribution in [3.05, 3.63) is 75.6 Å². The Morgan fingerprint density at radius 3 is 2.76 bits per heavy atom. The molecule has 0 unspecified atom stereocenters. The van der Waals surface area contributed by atoms with Gasteiger partial charge in [-0.3, -0.25) is 9.59 Å². The van der Waals surface area contributed by atoms with Gasteiger partial charge in [-0.1, -0.05) is 30.3 Å². The number of nitrogens with one attached hydrogen (secondary N) is 2. The highest BCUT2D eigenvalue weighted by Gasteiger charge is 2.11. The van der Waals surface area contributed by atoms with E-state index in [2.05, 4.69) is 10.3 Å². The lowest BCUT2D eigenvalue weighted by Crippen LogP contribution is -2.27. The number of methoxy groups -OCH3 is 1. The lowest BCUT2D eigenvalue weighted by Gasteiger charge is -2.09. The minimum Gasteiger partial charge on any atom is -0.496 e. The van der Waals surface area contributed by atoms with Crippen LogP contribution in [-0.2, 0) is 6.42 Å². The maximum absolute atomic E-state index is 12.3. The molecule has 128 valence electrons. The van der Waals surface area contributed by atoms with Gasteiger partial charge in [0.1, 0.15) is 5.75 Å². The zero-order valence-electron chi connectivity index (χ0n) is 14.3. The van der Waals surface area contributed by atoms with Crippen LogP contribution in [0.15, 0.2) is 53.3 Å². The predicted octanol–water partition coefficient (Wildman–Crippen LogP) is 2.82. The van der Waals surface area contributed by atoms with Gasteiger partial charge in [0.2, 0.25) is 0 Å². The van der Waals surface area contributed by atoms with Crippen LogP contribution in [0.25, 0.3) is 10.9 Å². The van der Waals surface area contributed by atoms with E-state index in [9.17, 15) is 9.59 Å². The summed E-state index contributed by atoms with van der Waals surface area (Å²) in [5, 5.41) is 3.83. The van der Waals surface area contributed by atoms with Crippen molar-refractivity contribution < 1.29 is 9.53 Å². The van der Waals surface area contributed by atoms with Crippen LogP contribution in [0.2, 0.25) is 0 Å². The molecule has 25 heavy (non-hydrogen) atoms. The Labute approximate surface area is 145 Å². The molecule has 0 bridgehead atoms. The molecule has 3 rings (SSSR count). The highest BCUT2D eigenvalue weighted by atomic mass is 16.5. The number of para-hydroxylation sites is 2. The monoisotopic (exact) mass is 336 g/mol. The molecule has 0 radical (unpaired) electrons. The summed E-state index contributed by atoms with van der Waals surface area (Å²) in [7, 11) is 1.53. The van der Waals surface area contributed by atoms with Crippen LogP contribution in [0.3, 0.4) is 0 Å². The molecule has 1 aromatic heterocycles. The van der Waals surface area contributed by atoms with Crippen molar-refractivity contribution in [2.45, 2.75) is 13.3 Å². The Kier molecular flexibility index (Phi) is 4.84. The smallest absolute Gasteiger partial charge is 0.255 e. The lowest BCUT2D eigenvalue weighted by atomic mass is 10.1. The maximum Gasteiger partial charge on any atom is 0.255 e. The van der Waals surface area contributed by atoms with Crippen LogP contribution in [0.1, 0.15) is 21.5 Å². The van der Waals surface area contributed by atoms with Crippen LogP contribution in [-0.4, -0.2) is 24.5 Å². The molecule has 2 aromatic carbocycles. The molecule has 0 aliphatic heterocycles. The molecule has 0 saturated carbocycles. The van der Waals surface area contributed by atoms with E-state index in [4.69, 9.17) is 4.74 Å². The Hall–Kier alpha value is -3.08. The van der Waals surface area contributed by atoms with E-state index >= 15 is 0 Å². The summed E-state index contributed by atoms with van der Waals surface area (Å²) >= 11 is 0. The first kappa shape index (κ1) is 16.8. The molecule has 5 heteroatoms. The number of rotatable bonds is 5. The zero-order chi connectivity index (χ0) is 17.8. The molecule has 3 aromatic rings. The largest absolute Gasteiger partial charge is 0.496 e. The van der Waals surface area contributed by atoms with Gasteiger partial charge < -0.3 is 15.0 Å². The summed E-state index contributed by atoms with van der Waals surface area (Å²) in [5.41, 5.74) is 2.90. The molecule has 0 aliphatic rings. The molecule has 0 aliphatic carbocycles. The Morgan fingerprint density at radius 1 is 1.16 bits per heavy atom. The van der Waals surface area contributed by atoms with Crippen LogP contribution in [0.4, 0.5) is 0 Å². The topological polar surface area (TPSA) is 71.2 Å². The van der Waals surface area contributed by atoms with Crippen LogP contribution >= 0.6 is 0 Å². The molecule has 2 N–H and O–H groups in total. The summed E-state index contributed by atoms with van der Waals surface area (Å²) in [6.45, 7) is 2.34. The van der Waals surface area contributed by atoms with Gasteiger partial charge in [-0.2, -0.15) is 0 Å². The van der Waals surface area contributed by atoms with E-state index in [-0.39, 0.29) is 11.5 Å². The number of aromatic nitrogens is 1. The average Bonchev–Trinajstić information content (AvgIpc) is 2.63. The van der Waals surface area contributed by atoms with Gasteiger partial charge in [-0.05, 0) is 42.5 Å². The first-order chi connectivity index (χ1) is 12.1. The van der Waals surface area contributed by atoms with Gasteiger partial charge in [-0.25, -0.2) is 0 Å². The molecule has 0 atom stereocenters. The number of pyridine rings is 1. The minimum absolute atomic E-state index is 0.117. The van der Waals surface area contributed by atoms with Crippen LogP contribution in [0.5, 0.6) is 5.75 Å². The quantitative estimate of drug-likeness (QED) is 0.752. The fourth-order valence-electron chi connectivity index (χ4n) is 2.85. The second-order valence-electron chi connectivity index (χ2n) is 5.87. The predicted molar refractivity (Wildman–Crippen MR) is 98.3 cm³/mol. The zero-order valence-corrected chi connectivity index (χ0v) is 14.3. The first-order valence-electron chi connectivity index (χ1n) is 8.13. The third-order valence-corrected chi connectivity index (χ3v) is 4.20. The molecular weight excluding hydrogens is 316 g/mol. The van der Waals surface area contributed by atoms with Crippen molar-refractivity contribution in [3.8, 4) is 5.75 Å². The number of carbonyl (C=O) groups is 1. The number of ether oxygens (including phenoxy) is 1. The normalized spacial score (nSPS) is 10.6. The van der Waals surface area contributed by atoms with E-state index in [1.54, 1.807) is 18.2 Å². The molecule has 1 amide bonds. The summed E-state index contributed by atoms with van der Waals surface area (Å²) in [6, 6.07) is 14.8. The Morgan fingerprint density at radius 2 is 1.96 bits per heavy atom. The minimum atomic E-state index is -0.217. The van der Waals surface area contributed by atoms with E-state index in [1.165, 1.54) is 7.11 Å². The molecule has 5 nitrogen and oxygen atoms in total. The van der Waals surface area contributed by atoms with E-state index in [1.807, 2.05) is 37.3 Å². The first-order valence-corrected chi connectivity index (χ1v) is 8.13. The number of carbonyl (C=O) groups excluding carboxylic acids is 1. The van der Waals surface area contributed by atoms with Gasteiger partial charge in [0, 0.05) is 12.1 Å². The van der Waals surface area contributed by atoms with Gasteiger partial charge in [0.15, 0.2) is 0 Å². The number of aromatic amines is 1. The lowest BCUT2D eigenvalue weighted by molar-refractivity contribution is 0.0951. The fraction of sp³-hybridized carbons (Fsp3) is 0.200. The SMILES string of the molecule is COc1ccccc1C(=O)NCCc1cc2cccc(C)c2[nH]c1=O. The molecule has 0 saturated heterocycles. The summed E-state index contributed by atoms with van der Waals surface area (Å²) in [6.07, 6.45) is 0.458. The number of aryl methyl sites for hydroxylation is 1. The second-order valence-corrected chi connectivity index (χ2v) is 5.87. The van der Waals surface area contributed by atoms with Crippen LogP contribution < -0.4 is 15.6 Å². The number of benzene rings is 2. The van der Waals surface area contributed by atoms with Crippen LogP contribution in [0, 0.1) is 6.92 Å². The van der Waals surface area contributed by atoms with E-state index < -0.39 is 0 Å². The maximum atomic E-state index is 12.3. The molecule has 0 fully saturated rings. The van der Waals surface area contributed by atoms with Crippen molar-refractivity contribution in [1.29, 1.82) is 0 Å². The third-order valence-electron chi connectivity index (χ3n) is 4.20. The number of hydrogen-bond acceptors (Lipinski definition) is 3. The van der Waals surface area contributed by atoms with E-state index in [0.717, 1.165) is 16.5 Å².